The molecule has 1 N–H and O–H groups in total. The van der Waals surface area contributed by atoms with Crippen molar-refractivity contribution in [3.8, 4) is 0 Å². The second-order valence-electron chi connectivity index (χ2n) is 4.72. The standard InChI is InChI=1S/C12H22N4/c1-4-13-11-5-8-16(9-10(11)2)12-6-7-15(3)14-12/h6-7,10-11,13H,4-5,8-9H2,1-3H3. The van der Waals surface area contributed by atoms with Gasteiger partial charge in [0.15, 0.2) is 5.82 Å². The molecule has 0 spiro atoms. The Bertz CT molecular complexity index is 334. The van der Waals surface area contributed by atoms with Crippen molar-refractivity contribution < 1.29 is 0 Å². The van der Waals surface area contributed by atoms with Crippen LogP contribution < -0.4 is 10.2 Å². The van der Waals surface area contributed by atoms with E-state index in [9.17, 15) is 0 Å². The lowest BCUT2D eigenvalue weighted by molar-refractivity contribution is 0.325. The molecule has 90 valence electrons. The zero-order valence-electron chi connectivity index (χ0n) is 10.5. The highest BCUT2D eigenvalue weighted by Crippen LogP contribution is 2.21. The number of aromatic nitrogens is 2. The second kappa shape index (κ2) is 4.87. The van der Waals surface area contributed by atoms with Crippen LogP contribution >= 0.6 is 0 Å². The van der Waals surface area contributed by atoms with Crippen molar-refractivity contribution in [2.45, 2.75) is 26.3 Å². The highest BCUT2D eigenvalue weighted by atomic mass is 15.3. The summed E-state index contributed by atoms with van der Waals surface area (Å²) in [5.41, 5.74) is 0. The van der Waals surface area contributed by atoms with E-state index in [0.29, 0.717) is 12.0 Å². The van der Waals surface area contributed by atoms with Gasteiger partial charge in [0, 0.05) is 38.4 Å². The zero-order valence-corrected chi connectivity index (χ0v) is 10.5. The van der Waals surface area contributed by atoms with Gasteiger partial charge in [0.05, 0.1) is 0 Å². The topological polar surface area (TPSA) is 33.1 Å². The van der Waals surface area contributed by atoms with Crippen LogP contribution in [-0.2, 0) is 7.05 Å². The van der Waals surface area contributed by atoms with E-state index in [-0.39, 0.29) is 0 Å². The maximum atomic E-state index is 4.46. The number of rotatable bonds is 3. The summed E-state index contributed by atoms with van der Waals surface area (Å²) in [4.78, 5) is 2.39. The highest BCUT2D eigenvalue weighted by molar-refractivity contribution is 5.37. The fourth-order valence-electron chi connectivity index (χ4n) is 2.49. The SMILES string of the molecule is CCNC1CCN(c2ccn(C)n2)CC1C. The molecule has 1 fully saturated rings. The lowest BCUT2D eigenvalue weighted by Gasteiger charge is -2.37. The number of aryl methyl sites for hydroxylation is 1. The van der Waals surface area contributed by atoms with Gasteiger partial charge in [-0.25, -0.2) is 0 Å². The van der Waals surface area contributed by atoms with Gasteiger partial charge in [-0.1, -0.05) is 13.8 Å². The molecule has 0 amide bonds. The largest absolute Gasteiger partial charge is 0.355 e. The van der Waals surface area contributed by atoms with Crippen LogP contribution in [0.3, 0.4) is 0 Å². The maximum Gasteiger partial charge on any atom is 0.150 e. The molecule has 2 heterocycles. The van der Waals surface area contributed by atoms with Crippen LogP contribution in [0.1, 0.15) is 20.3 Å². The summed E-state index contributed by atoms with van der Waals surface area (Å²) in [7, 11) is 1.97. The van der Waals surface area contributed by atoms with Gasteiger partial charge < -0.3 is 10.2 Å². The van der Waals surface area contributed by atoms with Crippen molar-refractivity contribution in [1.82, 2.24) is 15.1 Å². The quantitative estimate of drug-likeness (QED) is 0.835. The Morgan fingerprint density at radius 1 is 1.56 bits per heavy atom. The molecule has 16 heavy (non-hydrogen) atoms. The monoisotopic (exact) mass is 222 g/mol. The number of hydrogen-bond donors (Lipinski definition) is 1. The predicted molar refractivity (Wildman–Crippen MR) is 66.7 cm³/mol. The van der Waals surface area contributed by atoms with E-state index in [4.69, 9.17) is 0 Å². The number of piperidine rings is 1. The summed E-state index contributed by atoms with van der Waals surface area (Å²) in [5, 5.41) is 8.02. The third-order valence-electron chi connectivity index (χ3n) is 3.40. The lowest BCUT2D eigenvalue weighted by Crippen LogP contribution is -2.48. The van der Waals surface area contributed by atoms with Crippen LogP contribution in [0.2, 0.25) is 0 Å². The Hall–Kier alpha value is -1.03. The summed E-state index contributed by atoms with van der Waals surface area (Å²) < 4.78 is 1.87. The predicted octanol–water partition coefficient (Wildman–Crippen LogP) is 1.24. The van der Waals surface area contributed by atoms with Gasteiger partial charge in [0.2, 0.25) is 0 Å². The van der Waals surface area contributed by atoms with Crippen molar-refractivity contribution in [3.05, 3.63) is 12.3 Å². The first-order valence-electron chi connectivity index (χ1n) is 6.18. The Morgan fingerprint density at radius 3 is 2.94 bits per heavy atom. The van der Waals surface area contributed by atoms with Crippen LogP contribution in [-0.4, -0.2) is 35.5 Å². The summed E-state index contributed by atoms with van der Waals surface area (Å²) in [6.45, 7) is 7.78. The molecular weight excluding hydrogens is 200 g/mol. The minimum atomic E-state index is 0.671. The first-order chi connectivity index (χ1) is 7.70. The van der Waals surface area contributed by atoms with E-state index in [0.717, 1.165) is 25.5 Å². The summed E-state index contributed by atoms with van der Waals surface area (Å²) in [6.07, 6.45) is 3.22. The third-order valence-corrected chi connectivity index (χ3v) is 3.40. The van der Waals surface area contributed by atoms with E-state index in [2.05, 4.69) is 35.2 Å². The Kier molecular flexibility index (Phi) is 3.49. The van der Waals surface area contributed by atoms with Crippen LogP contribution in [0.15, 0.2) is 12.3 Å². The van der Waals surface area contributed by atoms with E-state index in [1.807, 2.05) is 17.9 Å². The van der Waals surface area contributed by atoms with Crippen molar-refractivity contribution in [3.63, 3.8) is 0 Å². The van der Waals surface area contributed by atoms with Crippen LogP contribution in [0.4, 0.5) is 5.82 Å². The Labute approximate surface area is 97.6 Å². The minimum absolute atomic E-state index is 0.671. The van der Waals surface area contributed by atoms with Crippen LogP contribution in [0, 0.1) is 5.92 Å². The van der Waals surface area contributed by atoms with Crippen LogP contribution in [0.25, 0.3) is 0 Å². The average Bonchev–Trinajstić information content (AvgIpc) is 2.68. The summed E-state index contributed by atoms with van der Waals surface area (Å²) >= 11 is 0. The fraction of sp³-hybridized carbons (Fsp3) is 0.750. The van der Waals surface area contributed by atoms with Crippen molar-refractivity contribution in [2.75, 3.05) is 24.5 Å². The molecule has 1 aromatic rings. The Morgan fingerprint density at radius 2 is 2.38 bits per heavy atom. The molecule has 0 bridgehead atoms. The van der Waals surface area contributed by atoms with Gasteiger partial charge >= 0.3 is 0 Å². The molecule has 1 aliphatic heterocycles. The number of nitrogens with zero attached hydrogens (tertiary/aromatic N) is 3. The van der Waals surface area contributed by atoms with E-state index in [1.54, 1.807) is 0 Å². The second-order valence-corrected chi connectivity index (χ2v) is 4.72. The molecule has 1 aromatic heterocycles. The lowest BCUT2D eigenvalue weighted by atomic mass is 9.94. The molecule has 0 saturated carbocycles. The molecule has 2 rings (SSSR count). The van der Waals surface area contributed by atoms with Gasteiger partial charge in [0.25, 0.3) is 0 Å². The highest BCUT2D eigenvalue weighted by Gasteiger charge is 2.26. The molecule has 1 saturated heterocycles. The molecule has 0 radical (unpaired) electrons. The van der Waals surface area contributed by atoms with Gasteiger partial charge in [-0.15, -0.1) is 0 Å². The van der Waals surface area contributed by atoms with Gasteiger partial charge in [-0.3, -0.25) is 4.68 Å². The van der Waals surface area contributed by atoms with E-state index < -0.39 is 0 Å². The summed E-state index contributed by atoms with van der Waals surface area (Å²) in [6, 6.07) is 2.77. The molecule has 0 aliphatic carbocycles. The molecular formula is C12H22N4. The van der Waals surface area contributed by atoms with Crippen molar-refractivity contribution >= 4 is 5.82 Å². The molecule has 4 heteroatoms. The number of hydrogen-bond acceptors (Lipinski definition) is 3. The first-order valence-corrected chi connectivity index (χ1v) is 6.18. The van der Waals surface area contributed by atoms with Crippen molar-refractivity contribution in [2.24, 2.45) is 13.0 Å². The first kappa shape index (κ1) is 11.5. The summed E-state index contributed by atoms with van der Waals surface area (Å²) in [5.74, 6) is 1.81. The van der Waals surface area contributed by atoms with E-state index >= 15 is 0 Å². The van der Waals surface area contributed by atoms with E-state index in [1.165, 1.54) is 6.42 Å². The Balaban J connectivity index is 1.96. The number of nitrogens with one attached hydrogen (secondary N) is 1. The fourth-order valence-corrected chi connectivity index (χ4v) is 2.49. The maximum absolute atomic E-state index is 4.46. The average molecular weight is 222 g/mol. The molecule has 4 nitrogen and oxygen atoms in total. The smallest absolute Gasteiger partial charge is 0.150 e. The molecule has 2 unspecified atom stereocenters. The third kappa shape index (κ3) is 2.38. The van der Waals surface area contributed by atoms with Gasteiger partial charge in [0.1, 0.15) is 0 Å². The van der Waals surface area contributed by atoms with Crippen LogP contribution in [0.5, 0.6) is 0 Å². The molecule has 0 aromatic carbocycles. The molecule has 2 atom stereocenters. The zero-order chi connectivity index (χ0) is 11.5. The minimum Gasteiger partial charge on any atom is -0.355 e. The molecule has 1 aliphatic rings. The normalized spacial score (nSPS) is 26.1. The van der Waals surface area contributed by atoms with Crippen molar-refractivity contribution in [1.29, 1.82) is 0 Å². The number of anilines is 1. The van der Waals surface area contributed by atoms with Gasteiger partial charge in [-0.2, -0.15) is 5.10 Å². The van der Waals surface area contributed by atoms with Gasteiger partial charge in [-0.05, 0) is 18.9 Å².